The highest BCUT2D eigenvalue weighted by molar-refractivity contribution is 8.00. The Balaban J connectivity index is 1.49. The van der Waals surface area contributed by atoms with Crippen LogP contribution in [0.5, 0.6) is 0 Å². The molecule has 0 saturated carbocycles. The number of aryl methyl sites for hydroxylation is 1. The molecule has 1 aromatic carbocycles. The van der Waals surface area contributed by atoms with Gasteiger partial charge in [0, 0.05) is 47.6 Å². The first-order valence-corrected chi connectivity index (χ1v) is 11.1. The molecule has 146 valence electrons. The minimum atomic E-state index is -0.0815. The zero-order valence-electron chi connectivity index (χ0n) is 16.2. The standard InChI is InChI=1S/C20H27N3O2S2/c1-15-12-26-19(22-15)27-13-16-4-6-17(7-5-16)18(24)21-14-20(2,3)23-8-10-25-11-9-23/h4-7,12H,8-11,13-14H2,1-3H3,(H,21,24). The third kappa shape index (κ3) is 5.78. The van der Waals surface area contributed by atoms with Crippen molar-refractivity contribution in [3.05, 3.63) is 46.5 Å². The van der Waals surface area contributed by atoms with Crippen LogP contribution in [0.1, 0.15) is 35.5 Å². The van der Waals surface area contributed by atoms with Crippen molar-refractivity contribution in [2.24, 2.45) is 0 Å². The van der Waals surface area contributed by atoms with Crippen molar-refractivity contribution in [3.63, 3.8) is 0 Å². The molecule has 1 amide bonds. The van der Waals surface area contributed by atoms with Crippen molar-refractivity contribution in [2.75, 3.05) is 32.8 Å². The Morgan fingerprint density at radius 1 is 1.30 bits per heavy atom. The van der Waals surface area contributed by atoms with Crippen molar-refractivity contribution in [1.29, 1.82) is 0 Å². The Hall–Kier alpha value is -1.41. The number of thiazole rings is 1. The molecule has 0 radical (unpaired) electrons. The van der Waals surface area contributed by atoms with Gasteiger partial charge in [-0.05, 0) is 38.5 Å². The van der Waals surface area contributed by atoms with Gasteiger partial charge in [-0.2, -0.15) is 0 Å². The van der Waals surface area contributed by atoms with Crippen LogP contribution >= 0.6 is 23.1 Å². The van der Waals surface area contributed by atoms with Crippen molar-refractivity contribution in [1.82, 2.24) is 15.2 Å². The fourth-order valence-electron chi connectivity index (χ4n) is 2.98. The molecule has 1 aromatic heterocycles. The molecule has 1 fully saturated rings. The molecule has 1 saturated heterocycles. The lowest BCUT2D eigenvalue weighted by atomic mass is 10.0. The van der Waals surface area contributed by atoms with Crippen LogP contribution < -0.4 is 5.32 Å². The van der Waals surface area contributed by atoms with Crippen LogP contribution in [0.2, 0.25) is 0 Å². The summed E-state index contributed by atoms with van der Waals surface area (Å²) >= 11 is 3.40. The Morgan fingerprint density at radius 3 is 2.63 bits per heavy atom. The van der Waals surface area contributed by atoms with Crippen LogP contribution in [-0.4, -0.2) is 54.2 Å². The Bertz CT molecular complexity index is 753. The summed E-state index contributed by atoms with van der Waals surface area (Å²) in [4.78, 5) is 19.3. The highest BCUT2D eigenvalue weighted by Gasteiger charge is 2.28. The molecule has 2 aromatic rings. The van der Waals surface area contributed by atoms with E-state index >= 15 is 0 Å². The summed E-state index contributed by atoms with van der Waals surface area (Å²) in [7, 11) is 0. The van der Waals surface area contributed by atoms with Gasteiger partial charge in [-0.25, -0.2) is 4.98 Å². The molecule has 0 bridgehead atoms. The zero-order chi connectivity index (χ0) is 19.3. The van der Waals surface area contributed by atoms with Crippen molar-refractivity contribution < 1.29 is 9.53 Å². The number of thioether (sulfide) groups is 1. The normalized spacial score (nSPS) is 15.7. The highest BCUT2D eigenvalue weighted by atomic mass is 32.2. The number of benzene rings is 1. The topological polar surface area (TPSA) is 54.5 Å². The molecule has 1 N–H and O–H groups in total. The Morgan fingerprint density at radius 2 is 2.00 bits per heavy atom. The van der Waals surface area contributed by atoms with E-state index in [1.165, 1.54) is 5.56 Å². The minimum absolute atomic E-state index is 0.0221. The molecule has 0 unspecified atom stereocenters. The van der Waals surface area contributed by atoms with E-state index in [4.69, 9.17) is 4.74 Å². The predicted molar refractivity (Wildman–Crippen MR) is 112 cm³/mol. The van der Waals surface area contributed by atoms with E-state index in [0.29, 0.717) is 12.1 Å². The second-order valence-corrected chi connectivity index (χ2v) is 9.42. The van der Waals surface area contributed by atoms with Crippen molar-refractivity contribution >= 4 is 29.0 Å². The molecule has 0 atom stereocenters. The van der Waals surface area contributed by atoms with E-state index in [2.05, 4.69) is 34.4 Å². The van der Waals surface area contributed by atoms with Crippen molar-refractivity contribution in [3.8, 4) is 0 Å². The van der Waals surface area contributed by atoms with Gasteiger partial charge in [0.1, 0.15) is 4.34 Å². The van der Waals surface area contributed by atoms with Crippen LogP contribution in [0.3, 0.4) is 0 Å². The van der Waals surface area contributed by atoms with Crippen LogP contribution in [-0.2, 0) is 10.5 Å². The van der Waals surface area contributed by atoms with Crippen molar-refractivity contribution in [2.45, 2.75) is 36.4 Å². The molecule has 0 spiro atoms. The van der Waals surface area contributed by atoms with Gasteiger partial charge in [0.2, 0.25) is 0 Å². The molecular formula is C20H27N3O2S2. The molecule has 7 heteroatoms. The van der Waals surface area contributed by atoms with Gasteiger partial charge in [0.05, 0.1) is 13.2 Å². The SMILES string of the molecule is Cc1csc(SCc2ccc(C(=O)NCC(C)(C)N3CCOCC3)cc2)n1. The first-order valence-electron chi connectivity index (χ1n) is 9.19. The number of hydrogen-bond acceptors (Lipinski definition) is 6. The van der Waals surface area contributed by atoms with Gasteiger partial charge in [-0.1, -0.05) is 23.9 Å². The smallest absolute Gasteiger partial charge is 0.251 e. The van der Waals surface area contributed by atoms with Crippen LogP contribution in [0, 0.1) is 6.92 Å². The largest absolute Gasteiger partial charge is 0.379 e. The number of aromatic nitrogens is 1. The first kappa shape index (κ1) is 20.3. The molecular weight excluding hydrogens is 378 g/mol. The maximum absolute atomic E-state index is 12.5. The summed E-state index contributed by atoms with van der Waals surface area (Å²) in [6.07, 6.45) is 0. The number of nitrogens with one attached hydrogen (secondary N) is 1. The molecule has 2 heterocycles. The summed E-state index contributed by atoms with van der Waals surface area (Å²) in [6, 6.07) is 7.85. The molecule has 3 rings (SSSR count). The van der Waals surface area contributed by atoms with Gasteiger partial charge in [-0.3, -0.25) is 9.69 Å². The Labute approximate surface area is 169 Å². The quantitative estimate of drug-likeness (QED) is 0.714. The summed E-state index contributed by atoms with van der Waals surface area (Å²) in [5.74, 6) is 0.838. The fraction of sp³-hybridized carbons (Fsp3) is 0.500. The second kappa shape index (κ2) is 9.19. The van der Waals surface area contributed by atoms with E-state index in [1.54, 1.807) is 23.1 Å². The van der Waals surface area contributed by atoms with Gasteiger partial charge in [0.25, 0.3) is 5.91 Å². The van der Waals surface area contributed by atoms with Gasteiger partial charge < -0.3 is 10.1 Å². The number of nitrogens with zero attached hydrogens (tertiary/aromatic N) is 2. The van der Waals surface area contributed by atoms with Gasteiger partial charge >= 0.3 is 0 Å². The summed E-state index contributed by atoms with van der Waals surface area (Å²) in [5, 5.41) is 5.15. The van der Waals surface area contributed by atoms with Gasteiger partial charge in [0.15, 0.2) is 0 Å². The van der Waals surface area contributed by atoms with Crippen LogP contribution in [0.25, 0.3) is 0 Å². The lowest BCUT2D eigenvalue weighted by molar-refractivity contribution is -0.00923. The lowest BCUT2D eigenvalue weighted by Gasteiger charge is -2.40. The van der Waals surface area contributed by atoms with Crippen LogP contribution in [0.4, 0.5) is 0 Å². The monoisotopic (exact) mass is 405 g/mol. The zero-order valence-corrected chi connectivity index (χ0v) is 17.8. The number of rotatable bonds is 7. The Kier molecular flexibility index (Phi) is 6.92. The summed E-state index contributed by atoms with van der Waals surface area (Å²) < 4.78 is 6.50. The lowest BCUT2D eigenvalue weighted by Crippen LogP contribution is -2.55. The number of ether oxygens (including phenoxy) is 1. The molecule has 0 aliphatic carbocycles. The summed E-state index contributed by atoms with van der Waals surface area (Å²) in [5.41, 5.74) is 2.88. The highest BCUT2D eigenvalue weighted by Crippen LogP contribution is 2.26. The van der Waals surface area contributed by atoms with E-state index in [-0.39, 0.29) is 11.4 Å². The predicted octanol–water partition coefficient (Wildman–Crippen LogP) is 3.58. The summed E-state index contributed by atoms with van der Waals surface area (Å²) in [6.45, 7) is 10.3. The van der Waals surface area contributed by atoms with E-state index in [9.17, 15) is 4.79 Å². The number of carbonyl (C=O) groups is 1. The van der Waals surface area contributed by atoms with E-state index < -0.39 is 0 Å². The van der Waals surface area contributed by atoms with E-state index in [0.717, 1.165) is 42.1 Å². The molecule has 1 aliphatic heterocycles. The average Bonchev–Trinajstić information content (AvgIpc) is 3.11. The van der Waals surface area contributed by atoms with E-state index in [1.807, 2.05) is 31.2 Å². The number of morpholine rings is 1. The molecule has 5 nitrogen and oxygen atoms in total. The maximum Gasteiger partial charge on any atom is 0.251 e. The number of hydrogen-bond donors (Lipinski definition) is 1. The maximum atomic E-state index is 12.5. The third-order valence-corrected chi connectivity index (χ3v) is 6.94. The number of carbonyl (C=O) groups excluding carboxylic acids is 1. The average molecular weight is 406 g/mol. The second-order valence-electron chi connectivity index (χ2n) is 7.33. The fourth-order valence-corrected chi connectivity index (χ4v) is 4.78. The molecule has 1 aliphatic rings. The minimum Gasteiger partial charge on any atom is -0.379 e. The van der Waals surface area contributed by atoms with Gasteiger partial charge in [-0.15, -0.1) is 11.3 Å². The molecule has 27 heavy (non-hydrogen) atoms. The first-order chi connectivity index (χ1) is 12.9. The third-order valence-electron chi connectivity index (χ3n) is 4.73. The number of amides is 1. The van der Waals surface area contributed by atoms with Crippen LogP contribution in [0.15, 0.2) is 34.0 Å².